The molecule has 0 aliphatic heterocycles. The Morgan fingerprint density at radius 1 is 1.25 bits per heavy atom. The van der Waals surface area contributed by atoms with Gasteiger partial charge in [0.1, 0.15) is 5.01 Å². The molecule has 2 atom stereocenters. The van der Waals surface area contributed by atoms with Crippen LogP contribution in [0.2, 0.25) is 0 Å². The van der Waals surface area contributed by atoms with Crippen molar-refractivity contribution in [1.29, 1.82) is 0 Å². The molecule has 1 aromatic carbocycles. The highest BCUT2D eigenvalue weighted by atomic mass is 32.1. The zero-order valence-electron chi connectivity index (χ0n) is 14.5. The Labute approximate surface area is 147 Å². The zero-order chi connectivity index (χ0) is 17.7. The first-order valence-corrected chi connectivity index (χ1v) is 8.88. The van der Waals surface area contributed by atoms with E-state index in [1.165, 1.54) is 0 Å². The standard InChI is InChI=1S/C18H25N3O2S/c1-12(16-21-15(11-24-16)18(2,3)4)19-17(23)20-14(10-22)13-8-6-5-7-9-13/h5-9,11-12,14,22H,10H2,1-4H3,(H2,19,20,23). The van der Waals surface area contributed by atoms with Crippen molar-refractivity contribution in [3.63, 3.8) is 0 Å². The van der Waals surface area contributed by atoms with Crippen molar-refractivity contribution < 1.29 is 9.90 Å². The van der Waals surface area contributed by atoms with Crippen molar-refractivity contribution in [1.82, 2.24) is 15.6 Å². The SMILES string of the molecule is CC(NC(=O)NC(CO)c1ccccc1)c1nc(C(C)(C)C)cs1. The first-order chi connectivity index (χ1) is 11.3. The molecule has 0 bridgehead atoms. The summed E-state index contributed by atoms with van der Waals surface area (Å²) in [5.41, 5.74) is 1.88. The predicted molar refractivity (Wildman–Crippen MR) is 97.2 cm³/mol. The lowest BCUT2D eigenvalue weighted by molar-refractivity contribution is 0.214. The van der Waals surface area contributed by atoms with E-state index < -0.39 is 6.04 Å². The molecule has 0 aliphatic rings. The summed E-state index contributed by atoms with van der Waals surface area (Å²) < 4.78 is 0. The number of amides is 2. The number of nitrogens with zero attached hydrogens (tertiary/aromatic N) is 1. The Balaban J connectivity index is 1.97. The van der Waals surface area contributed by atoms with E-state index in [1.807, 2.05) is 42.6 Å². The number of aromatic nitrogens is 1. The molecule has 24 heavy (non-hydrogen) atoms. The molecular weight excluding hydrogens is 322 g/mol. The van der Waals surface area contributed by atoms with Crippen molar-refractivity contribution in [2.45, 2.75) is 45.2 Å². The van der Waals surface area contributed by atoms with E-state index in [9.17, 15) is 9.90 Å². The first kappa shape index (κ1) is 18.4. The van der Waals surface area contributed by atoms with Gasteiger partial charge < -0.3 is 15.7 Å². The van der Waals surface area contributed by atoms with Crippen LogP contribution in [0, 0.1) is 0 Å². The Morgan fingerprint density at radius 2 is 1.92 bits per heavy atom. The van der Waals surface area contributed by atoms with Gasteiger partial charge in [-0.15, -0.1) is 11.3 Å². The van der Waals surface area contributed by atoms with Crippen LogP contribution in [0.4, 0.5) is 4.79 Å². The third-order valence-electron chi connectivity index (χ3n) is 3.70. The van der Waals surface area contributed by atoms with Gasteiger partial charge in [0.05, 0.1) is 24.4 Å². The molecule has 0 spiro atoms. The van der Waals surface area contributed by atoms with Crippen LogP contribution < -0.4 is 10.6 Å². The summed E-state index contributed by atoms with van der Waals surface area (Å²) in [4.78, 5) is 16.8. The molecule has 3 N–H and O–H groups in total. The molecule has 2 aromatic rings. The molecule has 5 nitrogen and oxygen atoms in total. The molecule has 0 aliphatic carbocycles. The number of hydrogen-bond donors (Lipinski definition) is 3. The minimum Gasteiger partial charge on any atom is -0.394 e. The maximum Gasteiger partial charge on any atom is 0.315 e. The van der Waals surface area contributed by atoms with Crippen molar-refractivity contribution in [3.8, 4) is 0 Å². The van der Waals surface area contributed by atoms with Gasteiger partial charge >= 0.3 is 6.03 Å². The summed E-state index contributed by atoms with van der Waals surface area (Å²) in [6.45, 7) is 8.09. The van der Waals surface area contributed by atoms with Crippen LogP contribution in [0.1, 0.15) is 56.0 Å². The summed E-state index contributed by atoms with van der Waals surface area (Å²) in [7, 11) is 0. The third-order valence-corrected chi connectivity index (χ3v) is 4.73. The Hall–Kier alpha value is -1.92. The maximum atomic E-state index is 12.2. The number of aliphatic hydroxyl groups is 1. The van der Waals surface area contributed by atoms with E-state index in [1.54, 1.807) is 11.3 Å². The minimum absolute atomic E-state index is 0.00791. The van der Waals surface area contributed by atoms with E-state index in [0.29, 0.717) is 0 Å². The van der Waals surface area contributed by atoms with E-state index in [-0.39, 0.29) is 24.1 Å². The average molecular weight is 347 g/mol. The molecule has 0 radical (unpaired) electrons. The highest BCUT2D eigenvalue weighted by molar-refractivity contribution is 7.09. The number of rotatable bonds is 5. The maximum absolute atomic E-state index is 12.2. The lowest BCUT2D eigenvalue weighted by atomic mass is 9.93. The topological polar surface area (TPSA) is 74.2 Å². The zero-order valence-corrected chi connectivity index (χ0v) is 15.4. The van der Waals surface area contributed by atoms with Crippen LogP contribution in [0.15, 0.2) is 35.7 Å². The first-order valence-electron chi connectivity index (χ1n) is 8.00. The minimum atomic E-state index is -0.431. The Morgan fingerprint density at radius 3 is 2.46 bits per heavy atom. The summed E-state index contributed by atoms with van der Waals surface area (Å²) in [6.07, 6.45) is 0. The monoisotopic (exact) mass is 347 g/mol. The van der Waals surface area contributed by atoms with Gasteiger partial charge in [-0.25, -0.2) is 9.78 Å². The van der Waals surface area contributed by atoms with Crippen molar-refractivity contribution in [3.05, 3.63) is 52.0 Å². The summed E-state index contributed by atoms with van der Waals surface area (Å²) >= 11 is 1.54. The van der Waals surface area contributed by atoms with E-state index in [4.69, 9.17) is 0 Å². The second-order valence-electron chi connectivity index (χ2n) is 6.81. The molecular formula is C18H25N3O2S. The van der Waals surface area contributed by atoms with Gasteiger partial charge in [-0.3, -0.25) is 0 Å². The molecule has 1 aromatic heterocycles. The number of carbonyl (C=O) groups excluding carboxylic acids is 1. The van der Waals surface area contributed by atoms with Gasteiger partial charge in [0.2, 0.25) is 0 Å². The van der Waals surface area contributed by atoms with E-state index >= 15 is 0 Å². The fourth-order valence-corrected chi connectivity index (χ4v) is 3.26. The van der Waals surface area contributed by atoms with Gasteiger partial charge in [-0.05, 0) is 12.5 Å². The average Bonchev–Trinajstić information content (AvgIpc) is 3.03. The second kappa shape index (κ2) is 7.77. The van der Waals surface area contributed by atoms with E-state index in [0.717, 1.165) is 16.3 Å². The highest BCUT2D eigenvalue weighted by Crippen LogP contribution is 2.26. The number of carbonyl (C=O) groups is 1. The van der Waals surface area contributed by atoms with Gasteiger partial charge in [0, 0.05) is 10.8 Å². The lowest BCUT2D eigenvalue weighted by Crippen LogP contribution is -2.40. The second-order valence-corrected chi connectivity index (χ2v) is 7.70. The third kappa shape index (κ3) is 4.79. The van der Waals surface area contributed by atoms with Crippen molar-refractivity contribution >= 4 is 17.4 Å². The van der Waals surface area contributed by atoms with Gasteiger partial charge in [0.15, 0.2) is 0 Å². The quantitative estimate of drug-likeness (QED) is 0.774. The number of thiazole rings is 1. The van der Waals surface area contributed by atoms with E-state index in [2.05, 4.69) is 36.4 Å². The molecule has 2 rings (SSSR count). The molecule has 0 fully saturated rings. The largest absolute Gasteiger partial charge is 0.394 e. The molecule has 2 unspecified atom stereocenters. The van der Waals surface area contributed by atoms with Gasteiger partial charge in [-0.2, -0.15) is 0 Å². The normalized spacial score (nSPS) is 14.0. The smallest absolute Gasteiger partial charge is 0.315 e. The van der Waals surface area contributed by atoms with Crippen molar-refractivity contribution in [2.24, 2.45) is 0 Å². The molecule has 2 amide bonds. The van der Waals surface area contributed by atoms with Crippen LogP contribution in [0.25, 0.3) is 0 Å². The number of benzene rings is 1. The number of urea groups is 1. The Bertz CT molecular complexity index is 664. The fraction of sp³-hybridized carbons (Fsp3) is 0.444. The van der Waals surface area contributed by atoms with Crippen LogP contribution in [0.3, 0.4) is 0 Å². The predicted octanol–water partition coefficient (Wildman–Crippen LogP) is 3.53. The van der Waals surface area contributed by atoms with Crippen LogP contribution in [-0.4, -0.2) is 22.7 Å². The van der Waals surface area contributed by atoms with Crippen molar-refractivity contribution in [2.75, 3.05) is 6.61 Å². The fourth-order valence-electron chi connectivity index (χ4n) is 2.21. The summed E-state index contributed by atoms with van der Waals surface area (Å²) in [5, 5.41) is 18.1. The summed E-state index contributed by atoms with van der Waals surface area (Å²) in [5.74, 6) is 0. The number of nitrogens with one attached hydrogen (secondary N) is 2. The summed E-state index contributed by atoms with van der Waals surface area (Å²) in [6, 6.07) is 8.46. The van der Waals surface area contributed by atoms with Gasteiger partial charge in [0.25, 0.3) is 0 Å². The lowest BCUT2D eigenvalue weighted by Gasteiger charge is -2.19. The van der Waals surface area contributed by atoms with Gasteiger partial charge in [-0.1, -0.05) is 51.1 Å². The van der Waals surface area contributed by atoms with Crippen LogP contribution >= 0.6 is 11.3 Å². The number of hydrogen-bond acceptors (Lipinski definition) is 4. The molecule has 0 saturated carbocycles. The Kier molecular flexibility index (Phi) is 5.96. The molecule has 0 saturated heterocycles. The number of aliphatic hydroxyl groups excluding tert-OH is 1. The van der Waals surface area contributed by atoms with Crippen LogP contribution in [0.5, 0.6) is 0 Å². The molecule has 130 valence electrons. The molecule has 6 heteroatoms. The van der Waals surface area contributed by atoms with Crippen LogP contribution in [-0.2, 0) is 5.41 Å². The molecule has 1 heterocycles. The highest BCUT2D eigenvalue weighted by Gasteiger charge is 2.21.